The topological polar surface area (TPSA) is 43.8 Å². The van der Waals surface area contributed by atoms with Gasteiger partial charge in [0.1, 0.15) is 5.82 Å². The standard InChI is InChI=1S/C19H24ClFN2O2/c20-16-6-5-13(7-17(16)21)8-22-9-14-10-23(15-3-1-2-4-15)12-19(14,11-22)18(24)25/h5-7,14-15H,1-4,8-12H2,(H,24,25)/t14-,19-/m0/s1. The van der Waals surface area contributed by atoms with Gasteiger partial charge < -0.3 is 5.11 Å². The average molecular weight is 367 g/mol. The van der Waals surface area contributed by atoms with Crippen LogP contribution in [0.2, 0.25) is 5.02 Å². The van der Waals surface area contributed by atoms with E-state index in [-0.39, 0.29) is 10.9 Å². The number of nitrogens with zero attached hydrogens (tertiary/aromatic N) is 2. The molecule has 1 aliphatic carbocycles. The van der Waals surface area contributed by atoms with Gasteiger partial charge in [0, 0.05) is 44.7 Å². The van der Waals surface area contributed by atoms with Crippen LogP contribution >= 0.6 is 11.6 Å². The molecular formula is C19H24ClFN2O2. The van der Waals surface area contributed by atoms with Crippen LogP contribution in [0.25, 0.3) is 0 Å². The molecule has 2 heterocycles. The van der Waals surface area contributed by atoms with Crippen molar-refractivity contribution in [3.8, 4) is 0 Å². The molecular weight excluding hydrogens is 343 g/mol. The Morgan fingerprint density at radius 3 is 2.68 bits per heavy atom. The number of fused-ring (bicyclic) bond motifs is 1. The smallest absolute Gasteiger partial charge is 0.312 e. The van der Waals surface area contributed by atoms with Gasteiger partial charge in [-0.3, -0.25) is 14.6 Å². The number of likely N-dealkylation sites (tertiary alicyclic amines) is 2. The first-order valence-corrected chi connectivity index (χ1v) is 9.49. The summed E-state index contributed by atoms with van der Waals surface area (Å²) in [7, 11) is 0. The molecule has 0 aromatic heterocycles. The zero-order valence-corrected chi connectivity index (χ0v) is 15.0. The Morgan fingerprint density at radius 2 is 2.04 bits per heavy atom. The van der Waals surface area contributed by atoms with E-state index in [0.717, 1.165) is 18.7 Å². The minimum absolute atomic E-state index is 0.122. The zero-order chi connectivity index (χ0) is 17.6. The van der Waals surface area contributed by atoms with Gasteiger partial charge in [-0.2, -0.15) is 0 Å². The molecule has 1 saturated carbocycles. The quantitative estimate of drug-likeness (QED) is 0.888. The van der Waals surface area contributed by atoms with Crippen LogP contribution in [0.15, 0.2) is 18.2 Å². The van der Waals surface area contributed by atoms with Crippen molar-refractivity contribution in [2.75, 3.05) is 26.2 Å². The second-order valence-corrected chi connectivity index (χ2v) is 8.35. The van der Waals surface area contributed by atoms with Crippen LogP contribution in [-0.2, 0) is 11.3 Å². The lowest BCUT2D eigenvalue weighted by molar-refractivity contribution is -0.149. The molecule has 3 aliphatic rings. The molecule has 6 heteroatoms. The summed E-state index contributed by atoms with van der Waals surface area (Å²) >= 11 is 5.75. The lowest BCUT2D eigenvalue weighted by atomic mass is 9.81. The number of benzene rings is 1. The molecule has 25 heavy (non-hydrogen) atoms. The molecule has 0 spiro atoms. The molecule has 3 fully saturated rings. The highest BCUT2D eigenvalue weighted by Crippen LogP contribution is 2.45. The Hall–Kier alpha value is -1.17. The number of hydrogen-bond donors (Lipinski definition) is 1. The third-order valence-electron chi connectivity index (χ3n) is 6.36. The molecule has 0 amide bonds. The predicted molar refractivity (Wildman–Crippen MR) is 94.1 cm³/mol. The van der Waals surface area contributed by atoms with Gasteiger partial charge in [0.2, 0.25) is 0 Å². The van der Waals surface area contributed by atoms with Crippen molar-refractivity contribution in [2.24, 2.45) is 11.3 Å². The van der Waals surface area contributed by atoms with Crippen molar-refractivity contribution in [1.29, 1.82) is 0 Å². The van der Waals surface area contributed by atoms with Crippen molar-refractivity contribution in [3.63, 3.8) is 0 Å². The Morgan fingerprint density at radius 1 is 1.28 bits per heavy atom. The first kappa shape index (κ1) is 17.3. The van der Waals surface area contributed by atoms with Gasteiger partial charge in [0.25, 0.3) is 0 Å². The minimum Gasteiger partial charge on any atom is -0.481 e. The highest BCUT2D eigenvalue weighted by Gasteiger charge is 2.58. The van der Waals surface area contributed by atoms with E-state index in [1.165, 1.54) is 31.7 Å². The van der Waals surface area contributed by atoms with Crippen LogP contribution in [0.1, 0.15) is 31.2 Å². The van der Waals surface area contributed by atoms with E-state index in [1.54, 1.807) is 6.07 Å². The molecule has 2 saturated heterocycles. The molecule has 0 radical (unpaired) electrons. The maximum absolute atomic E-state index is 13.7. The van der Waals surface area contributed by atoms with Gasteiger partial charge in [-0.15, -0.1) is 0 Å². The van der Waals surface area contributed by atoms with E-state index in [4.69, 9.17) is 11.6 Å². The zero-order valence-electron chi connectivity index (χ0n) is 14.3. The fraction of sp³-hybridized carbons (Fsp3) is 0.632. The largest absolute Gasteiger partial charge is 0.481 e. The maximum Gasteiger partial charge on any atom is 0.312 e. The molecule has 1 aromatic rings. The van der Waals surface area contributed by atoms with E-state index in [1.807, 2.05) is 6.07 Å². The normalized spacial score (nSPS) is 30.9. The Kier molecular flexibility index (Phi) is 4.50. The number of aliphatic carboxylic acids is 1. The van der Waals surface area contributed by atoms with Gasteiger partial charge in [0.15, 0.2) is 0 Å². The SMILES string of the molecule is O=C(O)[C@]12CN(Cc3ccc(Cl)c(F)c3)C[C@H]1CN(C1CCCC1)C2. The second-order valence-electron chi connectivity index (χ2n) is 7.94. The summed E-state index contributed by atoms with van der Waals surface area (Å²) in [5.41, 5.74) is 0.170. The number of rotatable bonds is 4. The lowest BCUT2D eigenvalue weighted by Crippen LogP contribution is -2.42. The van der Waals surface area contributed by atoms with Gasteiger partial charge >= 0.3 is 5.97 Å². The summed E-state index contributed by atoms with van der Waals surface area (Å²) in [4.78, 5) is 16.7. The van der Waals surface area contributed by atoms with Crippen molar-refractivity contribution in [2.45, 2.75) is 38.3 Å². The van der Waals surface area contributed by atoms with Gasteiger partial charge in [-0.05, 0) is 30.5 Å². The average Bonchev–Trinajstić information content (AvgIpc) is 3.24. The number of carbonyl (C=O) groups is 1. The molecule has 0 unspecified atom stereocenters. The van der Waals surface area contributed by atoms with Crippen LogP contribution in [0.3, 0.4) is 0 Å². The van der Waals surface area contributed by atoms with Gasteiger partial charge in [0.05, 0.1) is 10.4 Å². The van der Waals surface area contributed by atoms with Gasteiger partial charge in [-0.25, -0.2) is 4.39 Å². The first-order valence-electron chi connectivity index (χ1n) is 9.12. The van der Waals surface area contributed by atoms with E-state index < -0.39 is 17.2 Å². The Balaban J connectivity index is 1.47. The Labute approximate surface area is 152 Å². The summed E-state index contributed by atoms with van der Waals surface area (Å²) in [6.45, 7) is 3.41. The molecule has 2 atom stereocenters. The van der Waals surface area contributed by atoms with E-state index >= 15 is 0 Å². The molecule has 2 aliphatic heterocycles. The molecule has 136 valence electrons. The van der Waals surface area contributed by atoms with Gasteiger partial charge in [-0.1, -0.05) is 30.5 Å². The van der Waals surface area contributed by atoms with Crippen molar-refractivity contribution in [1.82, 2.24) is 9.80 Å². The summed E-state index contributed by atoms with van der Waals surface area (Å²) < 4.78 is 13.7. The predicted octanol–water partition coefficient (Wildman–Crippen LogP) is 3.24. The molecule has 4 nitrogen and oxygen atoms in total. The minimum atomic E-state index is -0.678. The number of hydrogen-bond acceptors (Lipinski definition) is 3. The summed E-state index contributed by atoms with van der Waals surface area (Å²) in [6, 6.07) is 5.41. The third-order valence-corrected chi connectivity index (χ3v) is 6.67. The second kappa shape index (κ2) is 6.53. The number of carboxylic acids is 1. The molecule has 1 aromatic carbocycles. The highest BCUT2D eigenvalue weighted by molar-refractivity contribution is 6.30. The fourth-order valence-electron chi connectivity index (χ4n) is 5.07. The molecule has 4 rings (SSSR count). The van der Waals surface area contributed by atoms with E-state index in [2.05, 4.69) is 9.80 Å². The van der Waals surface area contributed by atoms with Crippen molar-refractivity contribution >= 4 is 17.6 Å². The summed E-state index contributed by atoms with van der Waals surface area (Å²) in [6.07, 6.45) is 4.94. The lowest BCUT2D eigenvalue weighted by Gasteiger charge is -2.28. The monoisotopic (exact) mass is 366 g/mol. The molecule has 1 N–H and O–H groups in total. The summed E-state index contributed by atoms with van der Waals surface area (Å²) in [5, 5.41) is 10.1. The van der Waals surface area contributed by atoms with Crippen molar-refractivity contribution in [3.05, 3.63) is 34.6 Å². The van der Waals surface area contributed by atoms with E-state index in [0.29, 0.717) is 25.7 Å². The maximum atomic E-state index is 13.7. The fourth-order valence-corrected chi connectivity index (χ4v) is 5.19. The van der Waals surface area contributed by atoms with Crippen LogP contribution in [0.4, 0.5) is 4.39 Å². The number of halogens is 2. The van der Waals surface area contributed by atoms with Crippen molar-refractivity contribution < 1.29 is 14.3 Å². The van der Waals surface area contributed by atoms with E-state index in [9.17, 15) is 14.3 Å². The summed E-state index contributed by atoms with van der Waals surface area (Å²) in [5.74, 6) is -0.940. The third kappa shape index (κ3) is 3.07. The highest BCUT2D eigenvalue weighted by atomic mass is 35.5. The van der Waals surface area contributed by atoms with Crippen LogP contribution in [0, 0.1) is 17.2 Å². The molecule has 0 bridgehead atoms. The first-order chi connectivity index (χ1) is 12.0. The Bertz CT molecular complexity index is 679. The van der Waals surface area contributed by atoms with Crippen LogP contribution in [-0.4, -0.2) is 53.1 Å². The van der Waals surface area contributed by atoms with Crippen LogP contribution < -0.4 is 0 Å². The van der Waals surface area contributed by atoms with Crippen LogP contribution in [0.5, 0.6) is 0 Å². The number of carboxylic acid groups (broad SMARTS) is 1.